The molecular weight excluding hydrogens is 254 g/mol. The highest BCUT2D eigenvalue weighted by Gasteiger charge is 2.35. The summed E-state index contributed by atoms with van der Waals surface area (Å²) >= 11 is 0. The lowest BCUT2D eigenvalue weighted by atomic mass is 10.0. The average molecular weight is 279 g/mol. The summed E-state index contributed by atoms with van der Waals surface area (Å²) in [5.74, 6) is 2.78. The van der Waals surface area contributed by atoms with Crippen LogP contribution >= 0.6 is 0 Å². The maximum atomic E-state index is 5.64. The van der Waals surface area contributed by atoms with Gasteiger partial charge in [-0.25, -0.2) is 0 Å². The maximum absolute atomic E-state index is 5.64. The monoisotopic (exact) mass is 279 g/mol. The average Bonchev–Trinajstić information content (AvgIpc) is 2.78. The molecule has 0 saturated carbocycles. The summed E-state index contributed by atoms with van der Waals surface area (Å²) in [6.45, 7) is 5.46. The van der Waals surface area contributed by atoms with Crippen molar-refractivity contribution in [2.24, 2.45) is 5.92 Å². The van der Waals surface area contributed by atoms with Crippen LogP contribution in [-0.4, -0.2) is 27.9 Å². The number of nitrogens with one attached hydrogen (secondary N) is 1. The molecule has 2 rings (SSSR count). The van der Waals surface area contributed by atoms with Gasteiger partial charge < -0.3 is 19.5 Å². The van der Waals surface area contributed by atoms with E-state index in [-0.39, 0.29) is 0 Å². The van der Waals surface area contributed by atoms with Crippen LogP contribution in [0.3, 0.4) is 0 Å². The van der Waals surface area contributed by atoms with Crippen molar-refractivity contribution in [2.75, 3.05) is 27.9 Å². The van der Waals surface area contributed by atoms with Crippen molar-refractivity contribution < 1.29 is 14.2 Å². The second-order valence-electron chi connectivity index (χ2n) is 5.33. The van der Waals surface area contributed by atoms with Crippen molar-refractivity contribution in [1.82, 2.24) is 5.32 Å². The summed E-state index contributed by atoms with van der Waals surface area (Å²) in [6.07, 6.45) is 2.15. The first-order valence-corrected chi connectivity index (χ1v) is 7.22. The molecule has 0 aromatic heterocycles. The third kappa shape index (κ3) is 2.44. The second-order valence-corrected chi connectivity index (χ2v) is 5.33. The van der Waals surface area contributed by atoms with Crippen LogP contribution in [0.2, 0.25) is 0 Å². The summed E-state index contributed by atoms with van der Waals surface area (Å²) < 4.78 is 16.6. The van der Waals surface area contributed by atoms with E-state index in [9.17, 15) is 0 Å². The Morgan fingerprint density at radius 3 is 2.40 bits per heavy atom. The fraction of sp³-hybridized carbons (Fsp3) is 0.625. The molecule has 0 radical (unpaired) electrons. The Bertz CT molecular complexity index is 473. The molecule has 1 aromatic carbocycles. The van der Waals surface area contributed by atoms with Gasteiger partial charge in [0.05, 0.1) is 21.3 Å². The van der Waals surface area contributed by atoms with Gasteiger partial charge in [-0.2, -0.15) is 0 Å². The van der Waals surface area contributed by atoms with E-state index in [1.807, 2.05) is 0 Å². The molecule has 4 heteroatoms. The predicted molar refractivity (Wildman–Crippen MR) is 80.0 cm³/mol. The van der Waals surface area contributed by atoms with Gasteiger partial charge in [0.25, 0.3) is 0 Å². The molecule has 0 fully saturated rings. The molecule has 0 heterocycles. The van der Waals surface area contributed by atoms with Gasteiger partial charge in [0.2, 0.25) is 5.75 Å². The lowest BCUT2D eigenvalue weighted by molar-refractivity contribution is 0.317. The first kappa shape index (κ1) is 15.0. The maximum Gasteiger partial charge on any atom is 0.203 e. The summed E-state index contributed by atoms with van der Waals surface area (Å²) in [4.78, 5) is 0. The summed E-state index contributed by atoms with van der Waals surface area (Å²) in [6, 6.07) is 2.40. The zero-order valence-corrected chi connectivity index (χ0v) is 13.1. The molecule has 1 aromatic rings. The molecule has 4 nitrogen and oxygen atoms in total. The number of rotatable bonds is 6. The van der Waals surface area contributed by atoms with Gasteiger partial charge in [-0.15, -0.1) is 0 Å². The molecule has 0 bridgehead atoms. The molecule has 0 amide bonds. The molecule has 1 aliphatic rings. The Labute approximate surface area is 121 Å². The van der Waals surface area contributed by atoms with E-state index < -0.39 is 0 Å². The highest BCUT2D eigenvalue weighted by atomic mass is 16.5. The summed E-state index contributed by atoms with van der Waals surface area (Å²) in [5.41, 5.74) is 2.52. The van der Waals surface area contributed by atoms with Crippen molar-refractivity contribution in [3.05, 3.63) is 17.2 Å². The number of fused-ring (bicyclic) bond motifs is 1. The van der Waals surface area contributed by atoms with Gasteiger partial charge >= 0.3 is 0 Å². The molecule has 20 heavy (non-hydrogen) atoms. The lowest BCUT2D eigenvalue weighted by Gasteiger charge is -2.22. The fourth-order valence-electron chi connectivity index (χ4n) is 3.09. The molecule has 2 atom stereocenters. The Morgan fingerprint density at radius 1 is 1.15 bits per heavy atom. The molecule has 0 aliphatic heterocycles. The van der Waals surface area contributed by atoms with Crippen LogP contribution in [-0.2, 0) is 6.42 Å². The van der Waals surface area contributed by atoms with E-state index in [4.69, 9.17) is 14.2 Å². The van der Waals surface area contributed by atoms with E-state index >= 15 is 0 Å². The SMILES string of the molecule is CCCNC1c2c(cc(OC)c(OC)c2OC)CC1C. The van der Waals surface area contributed by atoms with Gasteiger partial charge in [-0.05, 0) is 36.9 Å². The van der Waals surface area contributed by atoms with Gasteiger partial charge in [-0.3, -0.25) is 0 Å². The Kier molecular flexibility index (Phi) is 4.76. The van der Waals surface area contributed by atoms with Crippen LogP contribution in [0.15, 0.2) is 6.07 Å². The van der Waals surface area contributed by atoms with E-state index in [2.05, 4.69) is 25.2 Å². The summed E-state index contributed by atoms with van der Waals surface area (Å²) in [7, 11) is 5.01. The Balaban J connectivity index is 2.51. The van der Waals surface area contributed by atoms with Gasteiger partial charge in [0, 0.05) is 11.6 Å². The van der Waals surface area contributed by atoms with Crippen LogP contribution in [0.25, 0.3) is 0 Å². The molecular formula is C16H25NO3. The minimum absolute atomic E-state index is 0.319. The number of hydrogen-bond donors (Lipinski definition) is 1. The highest BCUT2D eigenvalue weighted by molar-refractivity contribution is 5.61. The Morgan fingerprint density at radius 2 is 1.85 bits per heavy atom. The normalized spacial score (nSPS) is 20.6. The van der Waals surface area contributed by atoms with Crippen molar-refractivity contribution >= 4 is 0 Å². The van der Waals surface area contributed by atoms with Crippen LogP contribution in [0.4, 0.5) is 0 Å². The van der Waals surface area contributed by atoms with Crippen molar-refractivity contribution in [3.8, 4) is 17.2 Å². The molecule has 0 saturated heterocycles. The molecule has 1 aliphatic carbocycles. The van der Waals surface area contributed by atoms with Crippen molar-refractivity contribution in [2.45, 2.75) is 32.7 Å². The van der Waals surface area contributed by atoms with Crippen molar-refractivity contribution in [3.63, 3.8) is 0 Å². The number of benzene rings is 1. The van der Waals surface area contributed by atoms with E-state index in [0.29, 0.717) is 17.7 Å². The minimum atomic E-state index is 0.319. The van der Waals surface area contributed by atoms with Crippen LogP contribution < -0.4 is 19.5 Å². The number of ether oxygens (including phenoxy) is 3. The first-order valence-electron chi connectivity index (χ1n) is 7.22. The van der Waals surface area contributed by atoms with Crippen LogP contribution in [0, 0.1) is 5.92 Å². The molecule has 1 N–H and O–H groups in total. The van der Waals surface area contributed by atoms with Gasteiger partial charge in [0.15, 0.2) is 11.5 Å². The number of methoxy groups -OCH3 is 3. The van der Waals surface area contributed by atoms with Gasteiger partial charge in [0.1, 0.15) is 0 Å². The zero-order chi connectivity index (χ0) is 14.7. The lowest BCUT2D eigenvalue weighted by Crippen LogP contribution is -2.25. The van der Waals surface area contributed by atoms with E-state index in [1.165, 1.54) is 11.1 Å². The second kappa shape index (κ2) is 6.35. The van der Waals surface area contributed by atoms with Gasteiger partial charge in [-0.1, -0.05) is 13.8 Å². The summed E-state index contributed by atoms with van der Waals surface area (Å²) in [5, 5.41) is 3.62. The standard InChI is InChI=1S/C16H25NO3/c1-6-7-17-14-10(2)8-11-9-12(18-3)15(19-4)16(20-5)13(11)14/h9-10,14,17H,6-8H2,1-5H3. The third-order valence-corrected chi connectivity index (χ3v) is 3.99. The highest BCUT2D eigenvalue weighted by Crippen LogP contribution is 2.50. The smallest absolute Gasteiger partial charge is 0.203 e. The van der Waals surface area contributed by atoms with E-state index in [0.717, 1.165) is 30.9 Å². The molecule has 0 spiro atoms. The molecule has 2 unspecified atom stereocenters. The largest absolute Gasteiger partial charge is 0.493 e. The molecule has 112 valence electrons. The minimum Gasteiger partial charge on any atom is -0.493 e. The topological polar surface area (TPSA) is 39.7 Å². The third-order valence-electron chi connectivity index (χ3n) is 3.99. The van der Waals surface area contributed by atoms with E-state index in [1.54, 1.807) is 21.3 Å². The van der Waals surface area contributed by atoms with Crippen LogP contribution in [0.1, 0.15) is 37.4 Å². The quantitative estimate of drug-likeness (QED) is 0.869. The fourth-order valence-corrected chi connectivity index (χ4v) is 3.09. The first-order chi connectivity index (χ1) is 9.67. The van der Waals surface area contributed by atoms with Crippen LogP contribution in [0.5, 0.6) is 17.2 Å². The Hall–Kier alpha value is -1.42. The zero-order valence-electron chi connectivity index (χ0n) is 13.1. The van der Waals surface area contributed by atoms with Crippen molar-refractivity contribution in [1.29, 1.82) is 0 Å². The predicted octanol–water partition coefficient (Wildman–Crippen LogP) is 2.95. The number of hydrogen-bond acceptors (Lipinski definition) is 4.